The van der Waals surface area contributed by atoms with Gasteiger partial charge >= 0.3 is 0 Å². The first kappa shape index (κ1) is 45.4. The molecule has 0 radical (unpaired) electrons. The number of fused-ring (bicyclic) bond motifs is 11. The largest absolute Gasteiger partial charge is 0.256 e. The van der Waals surface area contributed by atoms with Crippen molar-refractivity contribution in [2.24, 2.45) is 0 Å². The van der Waals surface area contributed by atoms with E-state index in [1.807, 2.05) is 24.5 Å². The third-order valence-electron chi connectivity index (χ3n) is 18.0. The van der Waals surface area contributed by atoms with E-state index in [-0.39, 0.29) is 16.2 Å². The Bertz CT molecular complexity index is 4190. The molecule has 10 aromatic carbocycles. The molecule has 2 nitrogen and oxygen atoms in total. The van der Waals surface area contributed by atoms with Crippen LogP contribution in [0.25, 0.3) is 122 Å². The van der Waals surface area contributed by atoms with Gasteiger partial charge in [0.1, 0.15) is 0 Å². The van der Waals surface area contributed by atoms with Gasteiger partial charge in [0.15, 0.2) is 0 Å². The lowest BCUT2D eigenvalue weighted by Crippen LogP contribution is -2.16. The van der Waals surface area contributed by atoms with E-state index in [0.29, 0.717) is 0 Å². The summed E-state index contributed by atoms with van der Waals surface area (Å²) in [6.07, 6.45) is 3.77. The lowest BCUT2D eigenvalue weighted by molar-refractivity contribution is 0.659. The summed E-state index contributed by atoms with van der Waals surface area (Å²) in [6, 6.07) is 82.0. The summed E-state index contributed by atoms with van der Waals surface area (Å²) in [6.45, 7) is 14.4. The zero-order valence-electron chi connectivity index (χ0n) is 44.3. The van der Waals surface area contributed by atoms with Crippen LogP contribution in [0.5, 0.6) is 0 Å². The molecule has 2 heteroatoms. The number of pyridine rings is 2. The van der Waals surface area contributed by atoms with E-state index >= 15 is 0 Å². The second-order valence-corrected chi connectivity index (χ2v) is 23.4. The van der Waals surface area contributed by atoms with Gasteiger partial charge in [0.25, 0.3) is 0 Å². The van der Waals surface area contributed by atoms with Crippen LogP contribution in [0.1, 0.15) is 74.9 Å². The standard InChI is InChI=1S/C75H56N2/c1-73(2)65-39-49(47-15-7-17-55(37-47)57-21-9-13-45-19-11-35-76-71(45)57)23-29-59(65)61-31-25-51(41-67(61)73)53-27-33-63-64-34-28-54(44-70(64)75(5,6)69(63)43-53)52-26-32-62-60-30-24-50(40-66(60)74(3,4)68(62)42-52)48-16-8-18-56(38-48)58-22-10-14-46-20-12-36-77-72(46)58/h7-44H,1-6H3. The molecule has 77 heavy (non-hydrogen) atoms. The van der Waals surface area contributed by atoms with E-state index in [1.165, 1.54) is 122 Å². The number of rotatable bonds is 6. The van der Waals surface area contributed by atoms with Gasteiger partial charge in [-0.3, -0.25) is 9.97 Å². The summed E-state index contributed by atoms with van der Waals surface area (Å²) in [5, 5.41) is 2.31. The molecule has 3 aliphatic carbocycles. The van der Waals surface area contributed by atoms with Crippen LogP contribution in [0, 0.1) is 0 Å². The summed E-state index contributed by atoms with van der Waals surface area (Å²) < 4.78 is 0. The zero-order valence-corrected chi connectivity index (χ0v) is 44.3. The number of hydrogen-bond donors (Lipinski definition) is 0. The van der Waals surface area contributed by atoms with Crippen molar-refractivity contribution in [1.29, 1.82) is 0 Å². The highest BCUT2D eigenvalue weighted by molar-refractivity contribution is 5.97. The molecule has 0 saturated heterocycles. The lowest BCUT2D eigenvalue weighted by atomic mass is 9.79. The fourth-order valence-electron chi connectivity index (χ4n) is 13.7. The normalized spacial score (nSPS) is 14.7. The molecule has 0 amide bonds. The van der Waals surface area contributed by atoms with Crippen molar-refractivity contribution in [3.8, 4) is 100 Å². The molecule has 0 aliphatic heterocycles. The van der Waals surface area contributed by atoms with Gasteiger partial charge in [-0.1, -0.05) is 199 Å². The minimum absolute atomic E-state index is 0.168. The third-order valence-corrected chi connectivity index (χ3v) is 18.0. The molecule has 0 bridgehead atoms. The fraction of sp³-hybridized carbons (Fsp3) is 0.120. The second-order valence-electron chi connectivity index (χ2n) is 23.4. The molecule has 0 fully saturated rings. The molecule has 3 aliphatic rings. The molecule has 0 spiro atoms. The minimum atomic E-state index is -0.176. The van der Waals surface area contributed by atoms with E-state index in [1.54, 1.807) is 0 Å². The van der Waals surface area contributed by atoms with E-state index < -0.39 is 0 Å². The van der Waals surface area contributed by atoms with Crippen molar-refractivity contribution < 1.29 is 0 Å². The highest BCUT2D eigenvalue weighted by Gasteiger charge is 2.39. The van der Waals surface area contributed by atoms with Crippen molar-refractivity contribution in [2.45, 2.75) is 57.8 Å². The van der Waals surface area contributed by atoms with Gasteiger partial charge in [-0.05, 0) is 183 Å². The van der Waals surface area contributed by atoms with Gasteiger partial charge in [-0.25, -0.2) is 0 Å². The Morgan fingerprint density at radius 3 is 0.766 bits per heavy atom. The third kappa shape index (κ3) is 6.87. The number of benzene rings is 10. The average Bonchev–Trinajstić information content (AvgIpc) is 4.15. The molecule has 0 unspecified atom stereocenters. The molecule has 366 valence electrons. The average molecular weight is 985 g/mol. The van der Waals surface area contributed by atoms with E-state index in [4.69, 9.17) is 9.97 Å². The molecular weight excluding hydrogens is 929 g/mol. The predicted octanol–water partition coefficient (Wildman–Crippen LogP) is 19.7. The fourth-order valence-corrected chi connectivity index (χ4v) is 13.7. The van der Waals surface area contributed by atoms with Crippen molar-refractivity contribution in [2.75, 3.05) is 0 Å². The predicted molar refractivity (Wildman–Crippen MR) is 322 cm³/mol. The van der Waals surface area contributed by atoms with Gasteiger partial charge in [0.2, 0.25) is 0 Å². The maximum atomic E-state index is 4.76. The van der Waals surface area contributed by atoms with Crippen LogP contribution in [0.3, 0.4) is 0 Å². The molecular formula is C75H56N2. The molecule has 15 rings (SSSR count). The van der Waals surface area contributed by atoms with Crippen LogP contribution < -0.4 is 0 Å². The number of hydrogen-bond acceptors (Lipinski definition) is 2. The molecule has 2 aromatic heterocycles. The Labute approximate surface area is 451 Å². The van der Waals surface area contributed by atoms with E-state index in [2.05, 4.69) is 248 Å². The summed E-state index contributed by atoms with van der Waals surface area (Å²) >= 11 is 0. The maximum Gasteiger partial charge on any atom is 0.0780 e. The first-order valence-electron chi connectivity index (χ1n) is 27.2. The quantitative estimate of drug-likeness (QED) is 0.166. The van der Waals surface area contributed by atoms with Crippen LogP contribution in [-0.4, -0.2) is 9.97 Å². The highest BCUT2D eigenvalue weighted by atomic mass is 14.7. The van der Waals surface area contributed by atoms with Gasteiger partial charge in [0, 0.05) is 50.5 Å². The zero-order chi connectivity index (χ0) is 52.0. The summed E-state index contributed by atoms with van der Waals surface area (Å²) in [5.41, 5.74) is 32.5. The Morgan fingerprint density at radius 1 is 0.221 bits per heavy atom. The van der Waals surface area contributed by atoms with Gasteiger partial charge in [-0.15, -0.1) is 0 Å². The Balaban J connectivity index is 0.704. The van der Waals surface area contributed by atoms with Crippen molar-refractivity contribution in [1.82, 2.24) is 9.97 Å². The maximum absolute atomic E-state index is 4.76. The first-order valence-corrected chi connectivity index (χ1v) is 27.2. The Morgan fingerprint density at radius 2 is 0.468 bits per heavy atom. The summed E-state index contributed by atoms with van der Waals surface area (Å²) in [4.78, 5) is 9.52. The van der Waals surface area contributed by atoms with Crippen molar-refractivity contribution in [3.63, 3.8) is 0 Å². The monoisotopic (exact) mass is 984 g/mol. The Kier molecular flexibility index (Phi) is 9.74. The number of nitrogens with zero attached hydrogens (tertiary/aromatic N) is 2. The number of aromatic nitrogens is 2. The van der Waals surface area contributed by atoms with Crippen LogP contribution >= 0.6 is 0 Å². The SMILES string of the molecule is CC1(C)c2cc(-c3cccc(-c4cccc5cccnc45)c3)ccc2-c2ccc(-c3ccc4c(c3)C(C)(C)c3cc(-c5ccc6c(c5)C(C)(C)c5cc(-c7cccc(-c8cccc9cccnc89)c7)ccc5-6)ccc3-4)cc21. The minimum Gasteiger partial charge on any atom is -0.256 e. The number of para-hydroxylation sites is 2. The van der Waals surface area contributed by atoms with Gasteiger partial charge in [0.05, 0.1) is 11.0 Å². The smallest absolute Gasteiger partial charge is 0.0780 e. The summed E-state index contributed by atoms with van der Waals surface area (Å²) in [5.74, 6) is 0. The lowest BCUT2D eigenvalue weighted by Gasteiger charge is -2.24. The van der Waals surface area contributed by atoms with Crippen LogP contribution in [-0.2, 0) is 16.2 Å². The molecule has 2 heterocycles. The molecule has 0 N–H and O–H groups in total. The Hall–Kier alpha value is -8.98. The molecule has 0 atom stereocenters. The topological polar surface area (TPSA) is 25.8 Å². The summed E-state index contributed by atoms with van der Waals surface area (Å²) in [7, 11) is 0. The van der Waals surface area contributed by atoms with Crippen LogP contribution in [0.4, 0.5) is 0 Å². The second kappa shape index (κ2) is 16.5. The van der Waals surface area contributed by atoms with E-state index in [0.717, 1.165) is 32.9 Å². The van der Waals surface area contributed by atoms with Crippen molar-refractivity contribution >= 4 is 21.8 Å². The van der Waals surface area contributed by atoms with Crippen LogP contribution in [0.15, 0.2) is 231 Å². The molecule has 12 aromatic rings. The van der Waals surface area contributed by atoms with Gasteiger partial charge < -0.3 is 0 Å². The van der Waals surface area contributed by atoms with Gasteiger partial charge in [-0.2, -0.15) is 0 Å². The van der Waals surface area contributed by atoms with Crippen LogP contribution in [0.2, 0.25) is 0 Å². The molecule has 0 saturated carbocycles. The first-order chi connectivity index (χ1) is 37.4. The van der Waals surface area contributed by atoms with E-state index in [9.17, 15) is 0 Å². The van der Waals surface area contributed by atoms with Crippen molar-refractivity contribution in [3.05, 3.63) is 264 Å². The highest BCUT2D eigenvalue weighted by Crippen LogP contribution is 2.55.